The SMILES string of the molecule is COc1ccc([C@H]2ON=C(c3ccccc3)[C@H]2[N+](=O)[O-])cc1. The second kappa shape index (κ2) is 5.85. The average Bonchev–Trinajstić information content (AvgIpc) is 3.01. The summed E-state index contributed by atoms with van der Waals surface area (Å²) in [5.41, 5.74) is 1.73. The maximum atomic E-state index is 11.5. The molecule has 0 saturated carbocycles. The lowest BCUT2D eigenvalue weighted by atomic mass is 9.95. The van der Waals surface area contributed by atoms with Crippen LogP contribution in [0.15, 0.2) is 59.8 Å². The molecule has 1 aliphatic heterocycles. The van der Waals surface area contributed by atoms with Gasteiger partial charge in [0.15, 0.2) is 5.71 Å². The molecular formula is C16H14N2O4. The number of hydrogen-bond acceptors (Lipinski definition) is 5. The summed E-state index contributed by atoms with van der Waals surface area (Å²) in [6.07, 6.45) is -0.740. The number of ether oxygens (including phenoxy) is 1. The zero-order valence-electron chi connectivity index (χ0n) is 11.9. The number of benzene rings is 2. The standard InChI is InChI=1S/C16H14N2O4/c1-21-13-9-7-12(8-10-13)16-15(18(19)20)14(17-22-16)11-5-3-2-4-6-11/h2-10,15-16H,1H3/t15-,16-/m1/s1. The minimum Gasteiger partial charge on any atom is -0.497 e. The summed E-state index contributed by atoms with van der Waals surface area (Å²) in [6.45, 7) is 0. The van der Waals surface area contributed by atoms with Crippen molar-refractivity contribution in [2.75, 3.05) is 7.11 Å². The van der Waals surface area contributed by atoms with Gasteiger partial charge in [-0.25, -0.2) is 0 Å². The highest BCUT2D eigenvalue weighted by Crippen LogP contribution is 2.32. The van der Waals surface area contributed by atoms with Gasteiger partial charge in [-0.2, -0.15) is 0 Å². The van der Waals surface area contributed by atoms with E-state index in [1.54, 1.807) is 43.5 Å². The summed E-state index contributed by atoms with van der Waals surface area (Å²) < 4.78 is 5.09. The summed E-state index contributed by atoms with van der Waals surface area (Å²) in [6, 6.07) is 15.0. The van der Waals surface area contributed by atoms with Crippen molar-refractivity contribution >= 4 is 5.71 Å². The largest absolute Gasteiger partial charge is 0.497 e. The molecule has 0 spiro atoms. The van der Waals surface area contributed by atoms with Crippen LogP contribution in [-0.2, 0) is 4.84 Å². The molecule has 0 aromatic heterocycles. The van der Waals surface area contributed by atoms with E-state index in [4.69, 9.17) is 9.57 Å². The van der Waals surface area contributed by atoms with E-state index in [9.17, 15) is 10.1 Å². The number of rotatable bonds is 4. The highest BCUT2D eigenvalue weighted by Gasteiger charge is 2.45. The van der Waals surface area contributed by atoms with Crippen molar-refractivity contribution in [2.24, 2.45) is 5.16 Å². The van der Waals surface area contributed by atoms with Crippen molar-refractivity contribution in [3.63, 3.8) is 0 Å². The van der Waals surface area contributed by atoms with E-state index >= 15 is 0 Å². The summed E-state index contributed by atoms with van der Waals surface area (Å²) in [7, 11) is 1.57. The van der Waals surface area contributed by atoms with Gasteiger partial charge in [-0.3, -0.25) is 10.1 Å². The highest BCUT2D eigenvalue weighted by atomic mass is 16.7. The quantitative estimate of drug-likeness (QED) is 0.642. The summed E-state index contributed by atoms with van der Waals surface area (Å²) in [5, 5.41) is 15.5. The monoisotopic (exact) mass is 298 g/mol. The molecule has 0 bridgehead atoms. The molecule has 0 amide bonds. The van der Waals surface area contributed by atoms with Crippen molar-refractivity contribution in [3.8, 4) is 5.75 Å². The summed E-state index contributed by atoms with van der Waals surface area (Å²) in [4.78, 5) is 16.5. The molecule has 3 rings (SSSR count). The molecule has 0 unspecified atom stereocenters. The van der Waals surface area contributed by atoms with Crippen LogP contribution in [0, 0.1) is 10.1 Å². The minimum atomic E-state index is -1.03. The Balaban J connectivity index is 1.92. The van der Waals surface area contributed by atoms with Crippen molar-refractivity contribution in [1.82, 2.24) is 0 Å². The van der Waals surface area contributed by atoms with E-state index in [2.05, 4.69) is 5.16 Å². The van der Waals surface area contributed by atoms with Gasteiger partial charge in [0.25, 0.3) is 0 Å². The molecule has 1 aliphatic rings. The molecule has 0 saturated heterocycles. The summed E-state index contributed by atoms with van der Waals surface area (Å²) >= 11 is 0. The Bertz CT molecular complexity index is 698. The average molecular weight is 298 g/mol. The van der Waals surface area contributed by atoms with E-state index in [-0.39, 0.29) is 4.92 Å². The first-order chi connectivity index (χ1) is 10.7. The highest BCUT2D eigenvalue weighted by molar-refractivity contribution is 6.04. The Kier molecular flexibility index (Phi) is 3.74. The van der Waals surface area contributed by atoms with Crippen molar-refractivity contribution in [2.45, 2.75) is 12.1 Å². The lowest BCUT2D eigenvalue weighted by Crippen LogP contribution is -2.32. The predicted molar refractivity (Wildman–Crippen MR) is 80.6 cm³/mol. The van der Waals surface area contributed by atoms with Gasteiger partial charge in [0, 0.05) is 16.1 Å². The molecule has 0 radical (unpaired) electrons. The molecule has 6 nitrogen and oxygen atoms in total. The van der Waals surface area contributed by atoms with Crippen LogP contribution in [0.1, 0.15) is 17.2 Å². The lowest BCUT2D eigenvalue weighted by molar-refractivity contribution is -0.512. The molecular weight excluding hydrogens is 284 g/mol. The van der Waals surface area contributed by atoms with Gasteiger partial charge in [0.1, 0.15) is 5.75 Å². The van der Waals surface area contributed by atoms with E-state index in [1.165, 1.54) is 0 Å². The van der Waals surface area contributed by atoms with Crippen molar-refractivity contribution in [1.29, 1.82) is 0 Å². The number of nitro groups is 1. The van der Waals surface area contributed by atoms with E-state index in [1.807, 2.05) is 18.2 Å². The molecule has 6 heteroatoms. The first-order valence-corrected chi connectivity index (χ1v) is 6.77. The fraction of sp³-hybridized carbons (Fsp3) is 0.188. The Morgan fingerprint density at radius 2 is 1.82 bits per heavy atom. The number of hydrogen-bond donors (Lipinski definition) is 0. The lowest BCUT2D eigenvalue weighted by Gasteiger charge is -2.13. The molecule has 0 fully saturated rings. The Hall–Kier alpha value is -2.89. The molecule has 1 heterocycles. The van der Waals surface area contributed by atoms with Gasteiger partial charge in [0.2, 0.25) is 6.10 Å². The van der Waals surface area contributed by atoms with Crippen LogP contribution >= 0.6 is 0 Å². The van der Waals surface area contributed by atoms with Crippen LogP contribution < -0.4 is 4.74 Å². The van der Waals surface area contributed by atoms with Crippen LogP contribution in [0.5, 0.6) is 5.75 Å². The molecule has 0 aliphatic carbocycles. The molecule has 22 heavy (non-hydrogen) atoms. The smallest absolute Gasteiger partial charge is 0.301 e. The topological polar surface area (TPSA) is 74.0 Å². The number of nitrogens with zero attached hydrogens (tertiary/aromatic N) is 2. The number of oxime groups is 1. The van der Waals surface area contributed by atoms with Crippen molar-refractivity contribution in [3.05, 3.63) is 75.8 Å². The zero-order valence-corrected chi connectivity index (χ0v) is 11.9. The summed E-state index contributed by atoms with van der Waals surface area (Å²) in [5.74, 6) is 0.684. The normalized spacial score (nSPS) is 20.1. The fourth-order valence-electron chi connectivity index (χ4n) is 2.45. The Morgan fingerprint density at radius 1 is 1.14 bits per heavy atom. The Morgan fingerprint density at radius 3 is 2.41 bits per heavy atom. The molecule has 0 N–H and O–H groups in total. The van der Waals surface area contributed by atoms with Gasteiger partial charge in [-0.15, -0.1) is 0 Å². The Labute approximate surface area is 127 Å². The number of methoxy groups -OCH3 is 1. The molecule has 2 aromatic carbocycles. The second-order valence-electron chi connectivity index (χ2n) is 4.87. The van der Waals surface area contributed by atoms with E-state index < -0.39 is 12.1 Å². The zero-order chi connectivity index (χ0) is 15.5. The molecule has 2 aromatic rings. The molecule has 112 valence electrons. The predicted octanol–water partition coefficient (Wildman–Crippen LogP) is 2.82. The van der Waals surface area contributed by atoms with Crippen LogP contribution in [0.4, 0.5) is 0 Å². The first-order valence-electron chi connectivity index (χ1n) is 6.77. The third kappa shape index (κ3) is 2.50. The van der Waals surface area contributed by atoms with Gasteiger partial charge >= 0.3 is 6.04 Å². The van der Waals surface area contributed by atoms with Crippen molar-refractivity contribution < 1.29 is 14.5 Å². The maximum Gasteiger partial charge on any atom is 0.301 e. The third-order valence-electron chi connectivity index (χ3n) is 3.57. The van der Waals surface area contributed by atoms with Crippen LogP contribution in [0.25, 0.3) is 0 Å². The second-order valence-corrected chi connectivity index (χ2v) is 4.87. The minimum absolute atomic E-state index is 0.339. The fourth-order valence-corrected chi connectivity index (χ4v) is 2.45. The van der Waals surface area contributed by atoms with E-state index in [0.29, 0.717) is 22.6 Å². The van der Waals surface area contributed by atoms with Crippen LogP contribution in [0.2, 0.25) is 0 Å². The van der Waals surface area contributed by atoms with E-state index in [0.717, 1.165) is 0 Å². The maximum absolute atomic E-state index is 11.5. The van der Waals surface area contributed by atoms with Gasteiger partial charge in [-0.05, 0) is 12.1 Å². The van der Waals surface area contributed by atoms with Gasteiger partial charge in [0.05, 0.1) is 7.11 Å². The third-order valence-corrected chi connectivity index (χ3v) is 3.57. The van der Waals surface area contributed by atoms with Crippen LogP contribution in [0.3, 0.4) is 0 Å². The van der Waals surface area contributed by atoms with Crippen LogP contribution in [-0.4, -0.2) is 23.8 Å². The first kappa shape index (κ1) is 14.1. The van der Waals surface area contributed by atoms with Gasteiger partial charge in [-0.1, -0.05) is 47.6 Å². The van der Waals surface area contributed by atoms with Gasteiger partial charge < -0.3 is 9.57 Å². The molecule has 2 atom stereocenters.